The third-order valence-corrected chi connectivity index (χ3v) is 3.79. The highest BCUT2D eigenvalue weighted by Crippen LogP contribution is 2.25. The van der Waals surface area contributed by atoms with Gasteiger partial charge >= 0.3 is 0 Å². The van der Waals surface area contributed by atoms with E-state index in [0.29, 0.717) is 11.0 Å². The Morgan fingerprint density at radius 3 is 2.71 bits per heavy atom. The second-order valence-corrected chi connectivity index (χ2v) is 4.83. The third-order valence-electron chi connectivity index (χ3n) is 2.27. The smallest absolute Gasteiger partial charge is 0.273 e. The van der Waals surface area contributed by atoms with Crippen LogP contribution in [-0.2, 0) is 5.88 Å². The van der Waals surface area contributed by atoms with Crippen molar-refractivity contribution in [1.29, 1.82) is 0 Å². The minimum atomic E-state index is -0.253. The summed E-state index contributed by atoms with van der Waals surface area (Å²) < 4.78 is 0. The highest BCUT2D eigenvalue weighted by atomic mass is 35.5. The standard InChI is InChI=1S/C12H11ClN2OS/c1-15(9-5-3-2-4-6-9)12-14-11(16)7-10(8-13)17-12/h2-7H,8H2,1H3. The molecule has 0 unspecified atom stereocenters. The fourth-order valence-corrected chi connectivity index (χ4v) is 2.47. The highest BCUT2D eigenvalue weighted by molar-refractivity contribution is 7.15. The maximum Gasteiger partial charge on any atom is 0.273 e. The van der Waals surface area contributed by atoms with Crippen molar-refractivity contribution in [2.24, 2.45) is 0 Å². The van der Waals surface area contributed by atoms with Crippen LogP contribution in [0.5, 0.6) is 0 Å². The van der Waals surface area contributed by atoms with Gasteiger partial charge in [0.1, 0.15) is 0 Å². The highest BCUT2D eigenvalue weighted by Gasteiger charge is 2.08. The van der Waals surface area contributed by atoms with Crippen LogP contribution in [0.3, 0.4) is 0 Å². The summed E-state index contributed by atoms with van der Waals surface area (Å²) in [6.45, 7) is 0. The Hall–Kier alpha value is -1.39. The maximum atomic E-state index is 11.4. The second kappa shape index (κ2) is 5.29. The number of halogens is 1. The van der Waals surface area contributed by atoms with Crippen molar-refractivity contribution in [2.45, 2.75) is 5.88 Å². The normalized spacial score (nSPS) is 10.2. The zero-order valence-corrected chi connectivity index (χ0v) is 10.8. The van der Waals surface area contributed by atoms with Gasteiger partial charge < -0.3 is 4.90 Å². The largest absolute Gasteiger partial charge is 0.321 e. The molecule has 0 aliphatic heterocycles. The first-order valence-corrected chi connectivity index (χ1v) is 6.41. The second-order valence-electron chi connectivity index (χ2n) is 3.47. The van der Waals surface area contributed by atoms with Crippen LogP contribution in [0.4, 0.5) is 10.8 Å². The summed E-state index contributed by atoms with van der Waals surface area (Å²) in [7, 11) is 1.88. The monoisotopic (exact) mass is 266 g/mol. The number of nitrogens with zero attached hydrogens (tertiary/aromatic N) is 2. The summed E-state index contributed by atoms with van der Waals surface area (Å²) in [5.74, 6) is 0.331. The number of benzene rings is 1. The molecule has 0 spiro atoms. The molecule has 0 amide bonds. The molecule has 0 fully saturated rings. The third kappa shape index (κ3) is 2.84. The van der Waals surface area contributed by atoms with Gasteiger partial charge in [-0.3, -0.25) is 4.79 Å². The molecule has 0 saturated heterocycles. The van der Waals surface area contributed by atoms with Gasteiger partial charge in [0.15, 0.2) is 5.13 Å². The molecule has 0 aliphatic rings. The Bertz CT molecular complexity index is 556. The summed E-state index contributed by atoms with van der Waals surface area (Å²) in [5, 5.41) is 0.652. The molecule has 1 aromatic carbocycles. The predicted molar refractivity (Wildman–Crippen MR) is 72.4 cm³/mol. The summed E-state index contributed by atoms with van der Waals surface area (Å²) in [6.07, 6.45) is 0. The zero-order valence-electron chi connectivity index (χ0n) is 9.26. The van der Waals surface area contributed by atoms with Crippen LogP contribution >= 0.6 is 22.9 Å². The first-order valence-electron chi connectivity index (χ1n) is 5.06. The SMILES string of the molecule is CN(c1ccccc1)c1nc(=O)cc(CCl)s1. The lowest BCUT2D eigenvalue weighted by Gasteiger charge is -2.17. The lowest BCUT2D eigenvalue weighted by Crippen LogP contribution is -2.15. The fourth-order valence-electron chi connectivity index (χ4n) is 1.41. The number of hydrogen-bond donors (Lipinski definition) is 0. The van der Waals surface area contributed by atoms with Gasteiger partial charge in [0, 0.05) is 23.7 Å². The molecule has 3 nitrogen and oxygen atoms in total. The van der Waals surface area contributed by atoms with Crippen molar-refractivity contribution in [2.75, 3.05) is 11.9 Å². The van der Waals surface area contributed by atoms with E-state index < -0.39 is 0 Å². The van der Waals surface area contributed by atoms with Gasteiger partial charge in [-0.25, -0.2) is 0 Å². The van der Waals surface area contributed by atoms with Gasteiger partial charge in [0.05, 0.1) is 5.88 Å². The average molecular weight is 267 g/mol. The molecule has 88 valence electrons. The molecule has 1 aromatic heterocycles. The van der Waals surface area contributed by atoms with Crippen LogP contribution in [0.2, 0.25) is 0 Å². The number of para-hydroxylation sites is 1. The fraction of sp³-hybridized carbons (Fsp3) is 0.167. The maximum absolute atomic E-state index is 11.4. The Balaban J connectivity index is 2.40. The predicted octanol–water partition coefficient (Wildman–Crippen LogP) is 3.01. The van der Waals surface area contributed by atoms with Crippen molar-refractivity contribution >= 4 is 33.8 Å². The summed E-state index contributed by atoms with van der Waals surface area (Å²) in [4.78, 5) is 18.1. The lowest BCUT2D eigenvalue weighted by atomic mass is 10.3. The van der Waals surface area contributed by atoms with Gasteiger partial charge in [-0.1, -0.05) is 18.2 Å². The van der Waals surface area contributed by atoms with Crippen LogP contribution in [0.15, 0.2) is 41.2 Å². The van der Waals surface area contributed by atoms with Crippen LogP contribution in [-0.4, -0.2) is 12.0 Å². The molecule has 0 aliphatic carbocycles. The molecule has 0 N–H and O–H groups in total. The first-order chi connectivity index (χ1) is 8.20. The molecule has 0 radical (unpaired) electrons. The number of anilines is 2. The molecule has 0 saturated carbocycles. The minimum absolute atomic E-state index is 0.253. The molecule has 1 heterocycles. The Morgan fingerprint density at radius 2 is 2.06 bits per heavy atom. The van der Waals surface area contributed by atoms with Crippen molar-refractivity contribution in [3.05, 3.63) is 51.6 Å². The van der Waals surface area contributed by atoms with E-state index in [2.05, 4.69) is 4.98 Å². The van der Waals surface area contributed by atoms with Crippen molar-refractivity contribution in [3.63, 3.8) is 0 Å². The topological polar surface area (TPSA) is 33.2 Å². The summed E-state index contributed by atoms with van der Waals surface area (Å²) in [5.41, 5.74) is 0.736. The van der Waals surface area contributed by atoms with Crippen LogP contribution < -0.4 is 10.5 Å². The average Bonchev–Trinajstić information content (AvgIpc) is 2.38. The van der Waals surface area contributed by atoms with E-state index >= 15 is 0 Å². The molecule has 2 rings (SSSR count). The van der Waals surface area contributed by atoms with Crippen LogP contribution in [0.1, 0.15) is 4.88 Å². The Kier molecular flexibility index (Phi) is 3.76. The van der Waals surface area contributed by atoms with Crippen LogP contribution in [0.25, 0.3) is 0 Å². The van der Waals surface area contributed by atoms with Gasteiger partial charge in [-0.2, -0.15) is 4.98 Å². The molecule has 17 heavy (non-hydrogen) atoms. The first kappa shape index (κ1) is 12.1. The van der Waals surface area contributed by atoms with Gasteiger partial charge in [0.2, 0.25) is 0 Å². The molecular weight excluding hydrogens is 256 g/mol. The lowest BCUT2D eigenvalue weighted by molar-refractivity contribution is 1.13. The number of alkyl halides is 1. The van der Waals surface area contributed by atoms with E-state index in [0.717, 1.165) is 10.6 Å². The molecule has 2 aromatic rings. The van der Waals surface area contributed by atoms with E-state index in [-0.39, 0.29) is 5.56 Å². The number of hydrogen-bond acceptors (Lipinski definition) is 4. The van der Waals surface area contributed by atoms with E-state index in [1.807, 2.05) is 42.3 Å². The van der Waals surface area contributed by atoms with E-state index in [1.165, 1.54) is 17.4 Å². The quantitative estimate of drug-likeness (QED) is 0.801. The molecule has 0 atom stereocenters. The zero-order chi connectivity index (χ0) is 12.3. The number of aromatic nitrogens is 1. The van der Waals surface area contributed by atoms with Crippen molar-refractivity contribution < 1.29 is 0 Å². The van der Waals surface area contributed by atoms with E-state index in [1.54, 1.807) is 0 Å². The van der Waals surface area contributed by atoms with Crippen molar-refractivity contribution in [1.82, 2.24) is 4.98 Å². The van der Waals surface area contributed by atoms with Gasteiger partial charge in [-0.15, -0.1) is 22.9 Å². The Labute approximate surface area is 108 Å². The Morgan fingerprint density at radius 1 is 1.35 bits per heavy atom. The van der Waals surface area contributed by atoms with Gasteiger partial charge in [-0.05, 0) is 12.1 Å². The van der Waals surface area contributed by atoms with E-state index in [4.69, 9.17) is 11.6 Å². The van der Waals surface area contributed by atoms with E-state index in [9.17, 15) is 4.79 Å². The van der Waals surface area contributed by atoms with Gasteiger partial charge in [0.25, 0.3) is 5.56 Å². The van der Waals surface area contributed by atoms with Crippen LogP contribution in [0, 0.1) is 0 Å². The summed E-state index contributed by atoms with van der Waals surface area (Å²) >= 11 is 7.17. The number of rotatable bonds is 3. The van der Waals surface area contributed by atoms with Crippen molar-refractivity contribution in [3.8, 4) is 0 Å². The molecular formula is C12H11ClN2OS. The molecule has 0 bridgehead atoms. The summed E-state index contributed by atoms with van der Waals surface area (Å²) in [6, 6.07) is 11.2. The molecule has 5 heteroatoms. The minimum Gasteiger partial charge on any atom is -0.321 e.